The normalized spacial score (nSPS) is 11.7. The van der Waals surface area contributed by atoms with Crippen molar-refractivity contribution < 1.29 is 33.3 Å². The number of para-hydroxylation sites is 1. The Morgan fingerprint density at radius 1 is 0.757 bits per heavy atom. The number of hydrogen-bond acceptors (Lipinski definition) is 7. The molecule has 0 saturated carbocycles. The number of carbonyl (C=O) groups excluding carboxylic acids is 2. The van der Waals surface area contributed by atoms with Crippen LogP contribution in [-0.2, 0) is 20.7 Å². The van der Waals surface area contributed by atoms with Gasteiger partial charge >= 0.3 is 12.1 Å². The van der Waals surface area contributed by atoms with E-state index in [9.17, 15) is 9.59 Å². The number of rotatable bonds is 11. The summed E-state index contributed by atoms with van der Waals surface area (Å²) in [5, 5.41) is 2.57. The highest BCUT2D eigenvalue weighted by Gasteiger charge is 2.25. The van der Waals surface area contributed by atoms with Crippen LogP contribution in [-0.4, -0.2) is 44.0 Å². The molecule has 37 heavy (non-hydrogen) atoms. The standard InChI is InChI=1S/C29H33NO7/c1-29(2,3)37-28(32)30-26(27(31)33-4)20-21-10-12-22(13-11-21)34-18-19-35-23-14-16-25(17-15-23)36-24-8-6-5-7-9-24/h5-17,26H,18-20H2,1-4H3,(H,30,32). The fraction of sp³-hybridized carbons (Fsp3) is 0.310. The summed E-state index contributed by atoms with van der Waals surface area (Å²) in [6, 6.07) is 23.3. The maximum atomic E-state index is 12.1. The molecular formula is C29H33NO7. The molecule has 0 aliphatic carbocycles. The molecule has 3 rings (SSSR count). The molecule has 0 aromatic heterocycles. The van der Waals surface area contributed by atoms with Gasteiger partial charge in [0.2, 0.25) is 0 Å². The fourth-order valence-electron chi connectivity index (χ4n) is 3.29. The first kappa shape index (κ1) is 27.4. The molecule has 0 fully saturated rings. The van der Waals surface area contributed by atoms with E-state index in [0.717, 1.165) is 17.1 Å². The van der Waals surface area contributed by atoms with Gasteiger partial charge in [-0.1, -0.05) is 30.3 Å². The van der Waals surface area contributed by atoms with Gasteiger partial charge in [-0.2, -0.15) is 0 Å². The molecule has 8 heteroatoms. The molecule has 0 heterocycles. The number of nitrogens with one attached hydrogen (secondary N) is 1. The molecule has 1 atom stereocenters. The van der Waals surface area contributed by atoms with Crippen LogP contribution < -0.4 is 19.5 Å². The second-order valence-corrected chi connectivity index (χ2v) is 9.15. The molecule has 8 nitrogen and oxygen atoms in total. The first-order valence-electron chi connectivity index (χ1n) is 12.0. The van der Waals surface area contributed by atoms with Crippen molar-refractivity contribution in [3.05, 3.63) is 84.4 Å². The van der Waals surface area contributed by atoms with E-state index in [2.05, 4.69) is 5.32 Å². The Balaban J connectivity index is 1.43. The minimum atomic E-state index is -0.871. The third kappa shape index (κ3) is 9.76. The van der Waals surface area contributed by atoms with Gasteiger partial charge in [0.25, 0.3) is 0 Å². The van der Waals surface area contributed by atoms with E-state index in [4.69, 9.17) is 23.7 Å². The number of hydrogen-bond donors (Lipinski definition) is 1. The second kappa shape index (κ2) is 13.2. The predicted octanol–water partition coefficient (Wildman–Crippen LogP) is 5.55. The lowest BCUT2D eigenvalue weighted by atomic mass is 10.1. The molecule has 196 valence electrons. The van der Waals surface area contributed by atoms with Gasteiger partial charge < -0.3 is 29.0 Å². The molecule has 1 amide bonds. The van der Waals surface area contributed by atoms with Crippen molar-refractivity contribution >= 4 is 12.1 Å². The summed E-state index contributed by atoms with van der Waals surface area (Å²) in [6.45, 7) is 5.97. The molecular weight excluding hydrogens is 474 g/mol. The molecule has 0 radical (unpaired) electrons. The van der Waals surface area contributed by atoms with Crippen LogP contribution in [0.15, 0.2) is 78.9 Å². The van der Waals surface area contributed by atoms with Gasteiger partial charge in [-0.05, 0) is 74.9 Å². The Kier molecular flexibility index (Phi) is 9.77. The van der Waals surface area contributed by atoms with Crippen LogP contribution in [0.1, 0.15) is 26.3 Å². The molecule has 0 aliphatic rings. The van der Waals surface area contributed by atoms with Gasteiger partial charge in [0.15, 0.2) is 0 Å². The van der Waals surface area contributed by atoms with Gasteiger partial charge in [-0.15, -0.1) is 0 Å². The largest absolute Gasteiger partial charge is 0.490 e. The van der Waals surface area contributed by atoms with Crippen LogP contribution in [0.4, 0.5) is 4.79 Å². The third-order valence-electron chi connectivity index (χ3n) is 4.96. The maximum absolute atomic E-state index is 12.1. The summed E-state index contributed by atoms with van der Waals surface area (Å²) in [4.78, 5) is 24.2. The van der Waals surface area contributed by atoms with Crippen molar-refractivity contribution in [2.75, 3.05) is 20.3 Å². The minimum absolute atomic E-state index is 0.249. The highest BCUT2D eigenvalue weighted by molar-refractivity contribution is 5.81. The van der Waals surface area contributed by atoms with E-state index in [0.29, 0.717) is 24.7 Å². The number of ether oxygens (including phenoxy) is 5. The Morgan fingerprint density at radius 3 is 1.81 bits per heavy atom. The van der Waals surface area contributed by atoms with Crippen molar-refractivity contribution in [3.8, 4) is 23.0 Å². The molecule has 3 aromatic carbocycles. The molecule has 3 aromatic rings. The zero-order valence-corrected chi connectivity index (χ0v) is 21.6. The van der Waals surface area contributed by atoms with E-state index in [-0.39, 0.29) is 6.42 Å². The zero-order valence-electron chi connectivity index (χ0n) is 21.6. The summed E-state index contributed by atoms with van der Waals surface area (Å²) in [5.41, 5.74) is 0.154. The van der Waals surface area contributed by atoms with Crippen LogP contribution >= 0.6 is 0 Å². The maximum Gasteiger partial charge on any atom is 0.408 e. The van der Waals surface area contributed by atoms with Crippen molar-refractivity contribution in [1.82, 2.24) is 5.32 Å². The quantitative estimate of drug-likeness (QED) is 0.269. The Bertz CT molecular complexity index is 1120. The summed E-state index contributed by atoms with van der Waals surface area (Å²) < 4.78 is 27.3. The van der Waals surface area contributed by atoms with Crippen LogP contribution in [0.5, 0.6) is 23.0 Å². The summed E-state index contributed by atoms with van der Waals surface area (Å²) in [6.07, 6.45) is -0.430. The first-order chi connectivity index (χ1) is 17.7. The van der Waals surface area contributed by atoms with Crippen LogP contribution in [0.25, 0.3) is 0 Å². The van der Waals surface area contributed by atoms with Gasteiger partial charge in [0, 0.05) is 6.42 Å². The second-order valence-electron chi connectivity index (χ2n) is 9.15. The fourth-order valence-corrected chi connectivity index (χ4v) is 3.29. The summed E-state index contributed by atoms with van der Waals surface area (Å²) in [7, 11) is 1.28. The molecule has 0 saturated heterocycles. The van der Waals surface area contributed by atoms with Crippen molar-refractivity contribution in [2.24, 2.45) is 0 Å². The van der Waals surface area contributed by atoms with Crippen molar-refractivity contribution in [2.45, 2.75) is 38.8 Å². The van der Waals surface area contributed by atoms with E-state index >= 15 is 0 Å². The number of alkyl carbamates (subject to hydrolysis) is 1. The highest BCUT2D eigenvalue weighted by atomic mass is 16.6. The summed E-state index contributed by atoms with van der Waals surface area (Å²) in [5.74, 6) is 2.32. The molecule has 1 unspecified atom stereocenters. The average molecular weight is 508 g/mol. The van der Waals surface area contributed by atoms with E-state index < -0.39 is 23.7 Å². The Morgan fingerprint density at radius 2 is 1.27 bits per heavy atom. The number of carbonyl (C=O) groups is 2. The Hall–Kier alpha value is -4.20. The number of benzene rings is 3. The SMILES string of the molecule is COC(=O)C(Cc1ccc(OCCOc2ccc(Oc3ccccc3)cc2)cc1)NC(=O)OC(C)(C)C. The topological polar surface area (TPSA) is 92.3 Å². The third-order valence-corrected chi connectivity index (χ3v) is 4.96. The number of amides is 1. The van der Waals surface area contributed by atoms with E-state index in [1.165, 1.54) is 7.11 Å². The lowest BCUT2D eigenvalue weighted by Crippen LogP contribution is -2.45. The van der Waals surface area contributed by atoms with Crippen LogP contribution in [0.3, 0.4) is 0 Å². The van der Waals surface area contributed by atoms with Crippen LogP contribution in [0, 0.1) is 0 Å². The van der Waals surface area contributed by atoms with E-state index in [1.807, 2.05) is 66.7 Å². The van der Waals surface area contributed by atoms with E-state index in [1.54, 1.807) is 32.9 Å². The van der Waals surface area contributed by atoms with Crippen molar-refractivity contribution in [3.63, 3.8) is 0 Å². The van der Waals surface area contributed by atoms with Crippen LogP contribution in [0.2, 0.25) is 0 Å². The zero-order chi connectivity index (χ0) is 26.7. The monoisotopic (exact) mass is 507 g/mol. The summed E-state index contributed by atoms with van der Waals surface area (Å²) >= 11 is 0. The molecule has 0 bridgehead atoms. The molecule has 0 aliphatic heterocycles. The smallest absolute Gasteiger partial charge is 0.408 e. The average Bonchev–Trinajstić information content (AvgIpc) is 2.87. The lowest BCUT2D eigenvalue weighted by molar-refractivity contribution is -0.143. The highest BCUT2D eigenvalue weighted by Crippen LogP contribution is 2.23. The van der Waals surface area contributed by atoms with Gasteiger partial charge in [-0.3, -0.25) is 0 Å². The van der Waals surface area contributed by atoms with Crippen molar-refractivity contribution in [1.29, 1.82) is 0 Å². The van der Waals surface area contributed by atoms with Gasteiger partial charge in [0.05, 0.1) is 7.11 Å². The first-order valence-corrected chi connectivity index (χ1v) is 12.0. The number of methoxy groups -OCH3 is 1. The predicted molar refractivity (Wildman–Crippen MR) is 139 cm³/mol. The minimum Gasteiger partial charge on any atom is -0.490 e. The molecule has 1 N–H and O–H groups in total. The van der Waals surface area contributed by atoms with Gasteiger partial charge in [0.1, 0.15) is 47.9 Å². The lowest BCUT2D eigenvalue weighted by Gasteiger charge is -2.22. The number of esters is 1. The molecule has 0 spiro atoms. The Labute approximate surface area is 217 Å². The van der Waals surface area contributed by atoms with Gasteiger partial charge in [-0.25, -0.2) is 9.59 Å².